The van der Waals surface area contributed by atoms with Gasteiger partial charge in [0.1, 0.15) is 5.75 Å². The third-order valence-electron chi connectivity index (χ3n) is 1.77. The van der Waals surface area contributed by atoms with Crippen LogP contribution in [0.4, 0.5) is 0 Å². The number of nitrogens with two attached hydrogens (primary N) is 1. The van der Waals surface area contributed by atoms with Crippen LogP contribution in [0.5, 0.6) is 5.75 Å². The van der Waals surface area contributed by atoms with Crippen molar-refractivity contribution in [3.63, 3.8) is 0 Å². The van der Waals surface area contributed by atoms with Gasteiger partial charge in [0.05, 0.1) is 11.7 Å². The quantitative estimate of drug-likeness (QED) is 0.796. The molecule has 0 bridgehead atoms. The van der Waals surface area contributed by atoms with Crippen molar-refractivity contribution in [2.45, 2.75) is 26.9 Å². The normalized spacial score (nSPS) is 10.3. The topological polar surface area (TPSA) is 52.3 Å². The molecule has 14 heavy (non-hydrogen) atoms. The molecule has 0 saturated carbocycles. The summed E-state index contributed by atoms with van der Waals surface area (Å²) in [5, 5.41) is 0. The molecule has 0 radical (unpaired) electrons. The Hall–Kier alpha value is -1.51. The molecule has 3 nitrogen and oxygen atoms in total. The first-order valence-electron chi connectivity index (χ1n) is 4.58. The molecule has 0 saturated heterocycles. The minimum atomic E-state index is -0.458. The highest BCUT2D eigenvalue weighted by atomic mass is 16.5. The van der Waals surface area contributed by atoms with E-state index in [4.69, 9.17) is 10.5 Å². The maximum atomic E-state index is 11.1. The van der Waals surface area contributed by atoms with E-state index in [1.165, 1.54) is 0 Å². The second-order valence-corrected chi connectivity index (χ2v) is 3.53. The van der Waals surface area contributed by atoms with Crippen molar-refractivity contribution in [2.24, 2.45) is 5.73 Å². The molecule has 0 unspecified atom stereocenters. The smallest absolute Gasteiger partial charge is 0.252 e. The van der Waals surface area contributed by atoms with Gasteiger partial charge < -0.3 is 10.5 Å². The van der Waals surface area contributed by atoms with E-state index in [-0.39, 0.29) is 6.10 Å². The number of rotatable bonds is 3. The van der Waals surface area contributed by atoms with E-state index < -0.39 is 5.91 Å². The van der Waals surface area contributed by atoms with Crippen LogP contribution in [-0.4, -0.2) is 12.0 Å². The molecule has 3 heteroatoms. The fraction of sp³-hybridized carbons (Fsp3) is 0.364. The van der Waals surface area contributed by atoms with Crippen LogP contribution >= 0.6 is 0 Å². The van der Waals surface area contributed by atoms with Crippen LogP contribution in [0.2, 0.25) is 0 Å². The van der Waals surface area contributed by atoms with E-state index in [2.05, 4.69) is 0 Å². The average molecular weight is 193 g/mol. The molecule has 2 N–H and O–H groups in total. The van der Waals surface area contributed by atoms with Gasteiger partial charge in [-0.1, -0.05) is 6.07 Å². The van der Waals surface area contributed by atoms with Crippen molar-refractivity contribution in [1.29, 1.82) is 0 Å². The molecule has 0 heterocycles. The van der Waals surface area contributed by atoms with Gasteiger partial charge in [-0.2, -0.15) is 0 Å². The summed E-state index contributed by atoms with van der Waals surface area (Å²) in [4.78, 5) is 11.1. The van der Waals surface area contributed by atoms with Crippen molar-refractivity contribution in [2.75, 3.05) is 0 Å². The lowest BCUT2D eigenvalue weighted by molar-refractivity contribution is 0.0994. The second-order valence-electron chi connectivity index (χ2n) is 3.53. The third kappa shape index (κ3) is 2.49. The van der Waals surface area contributed by atoms with Crippen molar-refractivity contribution in [1.82, 2.24) is 0 Å². The zero-order valence-electron chi connectivity index (χ0n) is 8.70. The minimum absolute atomic E-state index is 0.0369. The molecule has 0 atom stereocenters. The van der Waals surface area contributed by atoms with Gasteiger partial charge in [0.25, 0.3) is 5.91 Å². The molecule has 0 aliphatic heterocycles. The molecule has 0 fully saturated rings. The lowest BCUT2D eigenvalue weighted by Crippen LogP contribution is -2.15. The summed E-state index contributed by atoms with van der Waals surface area (Å²) in [5.41, 5.74) is 6.70. The van der Waals surface area contributed by atoms with Crippen molar-refractivity contribution in [3.8, 4) is 5.75 Å². The van der Waals surface area contributed by atoms with Gasteiger partial charge in [-0.25, -0.2) is 0 Å². The molecule has 0 aliphatic rings. The molecule has 0 spiro atoms. The number of hydrogen-bond donors (Lipinski definition) is 1. The standard InChI is InChI=1S/C11H15NO2/c1-7(2)14-10-6-8(3)4-5-9(10)11(12)13/h4-7H,1-3H3,(H2,12,13). The minimum Gasteiger partial charge on any atom is -0.490 e. The largest absolute Gasteiger partial charge is 0.490 e. The van der Waals surface area contributed by atoms with Gasteiger partial charge in [-0.05, 0) is 38.5 Å². The summed E-state index contributed by atoms with van der Waals surface area (Å²) >= 11 is 0. The first-order chi connectivity index (χ1) is 6.50. The molecule has 1 aromatic rings. The molecule has 1 aromatic carbocycles. The van der Waals surface area contributed by atoms with Crippen LogP contribution in [0.15, 0.2) is 18.2 Å². The van der Waals surface area contributed by atoms with Crippen LogP contribution < -0.4 is 10.5 Å². The lowest BCUT2D eigenvalue weighted by Gasteiger charge is -2.13. The van der Waals surface area contributed by atoms with Gasteiger partial charge in [0.2, 0.25) is 0 Å². The van der Waals surface area contributed by atoms with Crippen LogP contribution in [-0.2, 0) is 0 Å². The number of carbonyl (C=O) groups excluding carboxylic acids is 1. The number of benzene rings is 1. The SMILES string of the molecule is Cc1ccc(C(N)=O)c(OC(C)C)c1. The van der Waals surface area contributed by atoms with E-state index in [1.54, 1.807) is 6.07 Å². The summed E-state index contributed by atoms with van der Waals surface area (Å²) < 4.78 is 5.49. The Kier molecular flexibility index (Phi) is 3.12. The van der Waals surface area contributed by atoms with E-state index >= 15 is 0 Å². The highest BCUT2D eigenvalue weighted by Gasteiger charge is 2.10. The third-order valence-corrected chi connectivity index (χ3v) is 1.77. The van der Waals surface area contributed by atoms with Gasteiger partial charge >= 0.3 is 0 Å². The zero-order chi connectivity index (χ0) is 10.7. The Bertz CT molecular complexity index is 345. The Morgan fingerprint density at radius 1 is 1.43 bits per heavy atom. The summed E-state index contributed by atoms with van der Waals surface area (Å²) in [7, 11) is 0. The molecule has 0 aliphatic carbocycles. The maximum absolute atomic E-state index is 11.1. The summed E-state index contributed by atoms with van der Waals surface area (Å²) in [6.07, 6.45) is 0.0369. The first-order valence-corrected chi connectivity index (χ1v) is 4.58. The summed E-state index contributed by atoms with van der Waals surface area (Å²) in [5.74, 6) is 0.105. The summed E-state index contributed by atoms with van der Waals surface area (Å²) in [6, 6.07) is 5.35. The molecule has 0 aromatic heterocycles. The van der Waals surface area contributed by atoms with Gasteiger partial charge in [-0.15, -0.1) is 0 Å². The lowest BCUT2D eigenvalue weighted by atomic mass is 10.1. The molecule has 1 rings (SSSR count). The van der Waals surface area contributed by atoms with Gasteiger partial charge in [-0.3, -0.25) is 4.79 Å². The van der Waals surface area contributed by atoms with Crippen LogP contribution in [0.1, 0.15) is 29.8 Å². The highest BCUT2D eigenvalue weighted by Crippen LogP contribution is 2.20. The number of carbonyl (C=O) groups is 1. The van der Waals surface area contributed by atoms with Crippen LogP contribution in [0.25, 0.3) is 0 Å². The highest BCUT2D eigenvalue weighted by molar-refractivity contribution is 5.95. The van der Waals surface area contributed by atoms with Crippen molar-refractivity contribution >= 4 is 5.91 Å². The average Bonchev–Trinajstić information content (AvgIpc) is 2.01. The van der Waals surface area contributed by atoms with E-state index in [0.29, 0.717) is 11.3 Å². The molecule has 76 valence electrons. The Balaban J connectivity index is 3.09. The zero-order valence-corrected chi connectivity index (χ0v) is 8.70. The van der Waals surface area contributed by atoms with E-state index in [1.807, 2.05) is 32.9 Å². The van der Waals surface area contributed by atoms with Crippen molar-refractivity contribution in [3.05, 3.63) is 29.3 Å². The van der Waals surface area contributed by atoms with Crippen LogP contribution in [0, 0.1) is 6.92 Å². The second kappa shape index (κ2) is 4.13. The fourth-order valence-electron chi connectivity index (χ4n) is 1.18. The molecular formula is C11H15NO2. The predicted molar refractivity (Wildman–Crippen MR) is 55.5 cm³/mol. The summed E-state index contributed by atoms with van der Waals surface area (Å²) in [6.45, 7) is 5.76. The Labute approximate surface area is 83.9 Å². The van der Waals surface area contributed by atoms with Gasteiger partial charge in [0.15, 0.2) is 0 Å². The predicted octanol–water partition coefficient (Wildman–Crippen LogP) is 1.88. The first kappa shape index (κ1) is 10.6. The Morgan fingerprint density at radius 2 is 2.07 bits per heavy atom. The number of amides is 1. The number of ether oxygens (including phenoxy) is 1. The van der Waals surface area contributed by atoms with Gasteiger partial charge in [0, 0.05) is 0 Å². The monoisotopic (exact) mass is 193 g/mol. The van der Waals surface area contributed by atoms with E-state index in [0.717, 1.165) is 5.56 Å². The number of aryl methyl sites for hydroxylation is 1. The van der Waals surface area contributed by atoms with E-state index in [9.17, 15) is 4.79 Å². The van der Waals surface area contributed by atoms with Crippen molar-refractivity contribution < 1.29 is 9.53 Å². The maximum Gasteiger partial charge on any atom is 0.252 e. The Morgan fingerprint density at radius 3 is 2.57 bits per heavy atom. The fourth-order valence-corrected chi connectivity index (χ4v) is 1.18. The van der Waals surface area contributed by atoms with Crippen LogP contribution in [0.3, 0.4) is 0 Å². The number of hydrogen-bond acceptors (Lipinski definition) is 2. The molecular weight excluding hydrogens is 178 g/mol. The molecule has 1 amide bonds. The number of primary amides is 1.